The van der Waals surface area contributed by atoms with Crippen molar-refractivity contribution in [2.75, 3.05) is 13.1 Å². The molecule has 0 aliphatic carbocycles. The number of likely N-dealkylation sites (tertiary alicyclic amines) is 1. The number of amides is 1. The molecular formula is C16H21ClINO. The second-order valence-electron chi connectivity index (χ2n) is 6.56. The Morgan fingerprint density at radius 3 is 2.40 bits per heavy atom. The number of carbonyl (C=O) groups excluding carboxylic acids is 1. The summed E-state index contributed by atoms with van der Waals surface area (Å²) in [5, 5.41) is 0.654. The summed E-state index contributed by atoms with van der Waals surface area (Å²) in [7, 11) is 0. The maximum Gasteiger partial charge on any atom is 0.253 e. The average molecular weight is 406 g/mol. The fraction of sp³-hybridized carbons (Fsp3) is 0.562. The molecule has 1 aromatic carbocycles. The normalized spacial score (nSPS) is 17.4. The lowest BCUT2D eigenvalue weighted by Gasteiger charge is -2.38. The van der Waals surface area contributed by atoms with Crippen LogP contribution < -0.4 is 0 Å². The molecule has 110 valence electrons. The van der Waals surface area contributed by atoms with E-state index in [1.165, 1.54) is 0 Å². The fourth-order valence-corrected chi connectivity index (χ4v) is 3.28. The summed E-state index contributed by atoms with van der Waals surface area (Å²) in [6, 6.07) is 5.55. The number of halogens is 2. The van der Waals surface area contributed by atoms with E-state index in [1.54, 1.807) is 6.07 Å². The summed E-state index contributed by atoms with van der Waals surface area (Å²) in [4.78, 5) is 14.4. The summed E-state index contributed by atoms with van der Waals surface area (Å²) >= 11 is 8.28. The van der Waals surface area contributed by atoms with Crippen LogP contribution in [0.2, 0.25) is 5.02 Å². The molecule has 1 aliphatic heterocycles. The lowest BCUT2D eigenvalue weighted by molar-refractivity contribution is 0.0608. The Morgan fingerprint density at radius 1 is 1.30 bits per heavy atom. The van der Waals surface area contributed by atoms with E-state index in [4.69, 9.17) is 11.6 Å². The van der Waals surface area contributed by atoms with Crippen molar-refractivity contribution in [3.8, 4) is 0 Å². The van der Waals surface area contributed by atoms with Crippen molar-refractivity contribution >= 4 is 40.1 Å². The SMILES string of the molecule is CC(C)(C)C1CCN(C(=O)c2ccc(I)c(Cl)c2)CC1. The molecule has 1 fully saturated rings. The summed E-state index contributed by atoms with van der Waals surface area (Å²) in [5.74, 6) is 0.808. The Kier molecular flexibility index (Phi) is 5.00. The first-order valence-corrected chi connectivity index (χ1v) is 8.49. The molecule has 0 aromatic heterocycles. The largest absolute Gasteiger partial charge is 0.339 e. The van der Waals surface area contributed by atoms with Gasteiger partial charge < -0.3 is 4.90 Å². The lowest BCUT2D eigenvalue weighted by Crippen LogP contribution is -2.41. The highest BCUT2D eigenvalue weighted by molar-refractivity contribution is 14.1. The number of nitrogens with zero attached hydrogens (tertiary/aromatic N) is 1. The van der Waals surface area contributed by atoms with Crippen LogP contribution in [0.25, 0.3) is 0 Å². The highest BCUT2D eigenvalue weighted by Crippen LogP contribution is 2.34. The highest BCUT2D eigenvalue weighted by Gasteiger charge is 2.30. The molecule has 1 saturated heterocycles. The molecule has 1 amide bonds. The van der Waals surface area contributed by atoms with Crippen LogP contribution in [0, 0.1) is 14.9 Å². The van der Waals surface area contributed by atoms with Crippen molar-refractivity contribution in [2.24, 2.45) is 11.3 Å². The molecule has 0 bridgehead atoms. The Morgan fingerprint density at radius 2 is 1.90 bits per heavy atom. The molecule has 20 heavy (non-hydrogen) atoms. The Labute approximate surface area is 140 Å². The van der Waals surface area contributed by atoms with Crippen LogP contribution in [0.1, 0.15) is 44.0 Å². The highest BCUT2D eigenvalue weighted by atomic mass is 127. The quantitative estimate of drug-likeness (QED) is 0.612. The van der Waals surface area contributed by atoms with Gasteiger partial charge in [0.25, 0.3) is 5.91 Å². The van der Waals surface area contributed by atoms with Crippen molar-refractivity contribution < 1.29 is 4.79 Å². The van der Waals surface area contributed by atoms with E-state index in [-0.39, 0.29) is 5.91 Å². The predicted molar refractivity (Wildman–Crippen MR) is 92.3 cm³/mol. The molecule has 2 nitrogen and oxygen atoms in total. The van der Waals surface area contributed by atoms with Gasteiger partial charge in [0.05, 0.1) is 5.02 Å². The van der Waals surface area contributed by atoms with Crippen LogP contribution in [0.5, 0.6) is 0 Å². The molecule has 1 aromatic rings. The Bertz CT molecular complexity index is 502. The monoisotopic (exact) mass is 405 g/mol. The molecule has 2 rings (SSSR count). The maximum absolute atomic E-state index is 12.5. The third-order valence-electron chi connectivity index (χ3n) is 4.17. The zero-order chi connectivity index (χ0) is 14.9. The predicted octanol–water partition coefficient (Wildman–Crippen LogP) is 4.84. The van der Waals surface area contributed by atoms with Gasteiger partial charge in [-0.25, -0.2) is 0 Å². The van der Waals surface area contributed by atoms with E-state index in [9.17, 15) is 4.79 Å². The Balaban J connectivity index is 2.03. The van der Waals surface area contributed by atoms with Crippen molar-refractivity contribution in [1.29, 1.82) is 0 Å². The van der Waals surface area contributed by atoms with Gasteiger partial charge in [-0.3, -0.25) is 4.79 Å². The number of benzene rings is 1. The van der Waals surface area contributed by atoms with Gasteiger partial charge in [-0.1, -0.05) is 32.4 Å². The Hall–Kier alpha value is -0.290. The first kappa shape index (κ1) is 16.1. The summed E-state index contributed by atoms with van der Waals surface area (Å²) in [5.41, 5.74) is 1.03. The van der Waals surface area contributed by atoms with Gasteiger partial charge in [-0.15, -0.1) is 0 Å². The van der Waals surface area contributed by atoms with E-state index in [1.807, 2.05) is 17.0 Å². The lowest BCUT2D eigenvalue weighted by atomic mass is 9.75. The van der Waals surface area contributed by atoms with Gasteiger partial charge in [0.1, 0.15) is 0 Å². The molecule has 1 heterocycles. The molecule has 0 radical (unpaired) electrons. The van der Waals surface area contributed by atoms with Crippen LogP contribution >= 0.6 is 34.2 Å². The first-order valence-electron chi connectivity index (χ1n) is 7.03. The second-order valence-corrected chi connectivity index (χ2v) is 8.13. The zero-order valence-electron chi connectivity index (χ0n) is 12.2. The van der Waals surface area contributed by atoms with Crippen molar-refractivity contribution in [1.82, 2.24) is 4.90 Å². The standard InChI is InChI=1S/C16H21ClINO/c1-16(2,3)12-6-8-19(9-7-12)15(20)11-4-5-14(18)13(17)10-11/h4-5,10,12H,6-9H2,1-3H3. The average Bonchev–Trinajstić information content (AvgIpc) is 2.40. The van der Waals surface area contributed by atoms with Gasteiger partial charge in [0.2, 0.25) is 0 Å². The minimum absolute atomic E-state index is 0.107. The second kappa shape index (κ2) is 6.22. The molecule has 0 N–H and O–H groups in total. The molecule has 0 spiro atoms. The van der Waals surface area contributed by atoms with Crippen molar-refractivity contribution in [2.45, 2.75) is 33.6 Å². The van der Waals surface area contributed by atoms with Gasteiger partial charge in [0.15, 0.2) is 0 Å². The van der Waals surface area contributed by atoms with E-state index >= 15 is 0 Å². The summed E-state index contributed by atoms with van der Waals surface area (Å²) < 4.78 is 0.979. The van der Waals surface area contributed by atoms with Crippen LogP contribution in [0.15, 0.2) is 18.2 Å². The molecule has 1 aliphatic rings. The summed E-state index contributed by atoms with van der Waals surface area (Å²) in [6.07, 6.45) is 2.18. The molecule has 4 heteroatoms. The zero-order valence-corrected chi connectivity index (χ0v) is 15.2. The maximum atomic E-state index is 12.5. The third-order valence-corrected chi connectivity index (χ3v) is 5.75. The van der Waals surface area contributed by atoms with Gasteiger partial charge >= 0.3 is 0 Å². The van der Waals surface area contributed by atoms with Gasteiger partial charge in [-0.2, -0.15) is 0 Å². The van der Waals surface area contributed by atoms with Gasteiger partial charge in [0, 0.05) is 22.2 Å². The van der Waals surface area contributed by atoms with E-state index < -0.39 is 0 Å². The minimum Gasteiger partial charge on any atom is -0.339 e. The van der Waals surface area contributed by atoms with Crippen molar-refractivity contribution in [3.63, 3.8) is 0 Å². The third kappa shape index (κ3) is 3.67. The first-order chi connectivity index (χ1) is 9.29. The van der Waals surface area contributed by atoms with Crippen LogP contribution in [0.4, 0.5) is 0 Å². The molecule has 0 atom stereocenters. The van der Waals surface area contributed by atoms with Gasteiger partial charge in [-0.05, 0) is 65.0 Å². The number of piperidine rings is 1. The molecule has 0 unspecified atom stereocenters. The number of hydrogen-bond acceptors (Lipinski definition) is 1. The van der Waals surface area contributed by atoms with E-state index in [0.717, 1.165) is 29.5 Å². The molecule has 0 saturated carbocycles. The smallest absolute Gasteiger partial charge is 0.253 e. The van der Waals surface area contributed by atoms with Crippen LogP contribution in [0.3, 0.4) is 0 Å². The minimum atomic E-state index is 0.107. The van der Waals surface area contributed by atoms with E-state index in [2.05, 4.69) is 43.4 Å². The van der Waals surface area contributed by atoms with Crippen LogP contribution in [-0.2, 0) is 0 Å². The van der Waals surface area contributed by atoms with Crippen LogP contribution in [-0.4, -0.2) is 23.9 Å². The number of carbonyl (C=O) groups is 1. The fourth-order valence-electron chi connectivity index (χ4n) is 2.76. The summed E-state index contributed by atoms with van der Waals surface area (Å²) in [6.45, 7) is 8.56. The number of rotatable bonds is 1. The van der Waals surface area contributed by atoms with Crippen molar-refractivity contribution in [3.05, 3.63) is 32.4 Å². The molecular weight excluding hydrogens is 385 g/mol. The van der Waals surface area contributed by atoms with E-state index in [0.29, 0.717) is 21.9 Å². The number of hydrogen-bond donors (Lipinski definition) is 0. The topological polar surface area (TPSA) is 20.3 Å².